The summed E-state index contributed by atoms with van der Waals surface area (Å²) in [5, 5.41) is 0. The lowest BCUT2D eigenvalue weighted by Gasteiger charge is -2.40. The SMILES string of the molecule is CC/C=C(/N)c1c(C)sc2c1CC(C)(C)CC2(C)C. The first kappa shape index (κ1) is 14.6. The molecular formula is C17H27NS. The van der Waals surface area contributed by atoms with Crippen LogP contribution in [0.25, 0.3) is 5.70 Å². The van der Waals surface area contributed by atoms with Gasteiger partial charge in [-0.3, -0.25) is 0 Å². The minimum atomic E-state index is 0.275. The summed E-state index contributed by atoms with van der Waals surface area (Å²) >= 11 is 1.96. The van der Waals surface area contributed by atoms with Crippen molar-refractivity contribution in [2.75, 3.05) is 0 Å². The van der Waals surface area contributed by atoms with E-state index in [9.17, 15) is 0 Å². The number of allylic oxidation sites excluding steroid dienone is 1. The summed E-state index contributed by atoms with van der Waals surface area (Å²) in [4.78, 5) is 2.95. The molecule has 0 bridgehead atoms. The van der Waals surface area contributed by atoms with Crippen LogP contribution in [0.3, 0.4) is 0 Å². The second kappa shape index (κ2) is 4.66. The van der Waals surface area contributed by atoms with Gasteiger partial charge in [-0.1, -0.05) is 40.7 Å². The Hall–Kier alpha value is -0.760. The van der Waals surface area contributed by atoms with Gasteiger partial charge in [-0.05, 0) is 42.6 Å². The van der Waals surface area contributed by atoms with Gasteiger partial charge in [-0.2, -0.15) is 0 Å². The van der Waals surface area contributed by atoms with E-state index in [4.69, 9.17) is 5.73 Å². The zero-order valence-electron chi connectivity index (χ0n) is 13.2. The molecule has 0 aliphatic heterocycles. The van der Waals surface area contributed by atoms with Gasteiger partial charge in [0.15, 0.2) is 0 Å². The summed E-state index contributed by atoms with van der Waals surface area (Å²) in [6.07, 6.45) is 5.57. The van der Waals surface area contributed by atoms with E-state index in [1.807, 2.05) is 11.3 Å². The van der Waals surface area contributed by atoms with E-state index < -0.39 is 0 Å². The van der Waals surface area contributed by atoms with E-state index in [1.54, 1.807) is 4.88 Å². The van der Waals surface area contributed by atoms with Crippen molar-refractivity contribution in [2.24, 2.45) is 11.1 Å². The number of rotatable bonds is 2. The molecule has 1 aromatic heterocycles. The fraction of sp³-hybridized carbons (Fsp3) is 0.647. The van der Waals surface area contributed by atoms with Gasteiger partial charge in [0.2, 0.25) is 0 Å². The molecule has 0 saturated heterocycles. The van der Waals surface area contributed by atoms with Gasteiger partial charge < -0.3 is 5.73 Å². The third kappa shape index (κ3) is 2.60. The molecule has 1 aliphatic rings. The molecule has 1 aromatic rings. The topological polar surface area (TPSA) is 26.0 Å². The number of thiophene rings is 1. The Labute approximate surface area is 121 Å². The fourth-order valence-corrected chi connectivity index (χ4v) is 5.12. The van der Waals surface area contributed by atoms with Crippen LogP contribution in [0.1, 0.15) is 68.3 Å². The maximum atomic E-state index is 6.32. The van der Waals surface area contributed by atoms with Gasteiger partial charge in [0.25, 0.3) is 0 Å². The van der Waals surface area contributed by atoms with Crippen LogP contribution in [0.15, 0.2) is 6.08 Å². The van der Waals surface area contributed by atoms with E-state index in [1.165, 1.54) is 22.4 Å². The van der Waals surface area contributed by atoms with Crippen LogP contribution in [0.4, 0.5) is 0 Å². The minimum Gasteiger partial charge on any atom is -0.398 e. The van der Waals surface area contributed by atoms with E-state index in [0.717, 1.165) is 18.5 Å². The lowest BCUT2D eigenvalue weighted by molar-refractivity contribution is 0.235. The Bertz CT molecular complexity index is 518. The van der Waals surface area contributed by atoms with Crippen LogP contribution >= 0.6 is 11.3 Å². The molecule has 0 amide bonds. The number of aryl methyl sites for hydroxylation is 1. The van der Waals surface area contributed by atoms with E-state index in [0.29, 0.717) is 5.41 Å². The van der Waals surface area contributed by atoms with Crippen molar-refractivity contribution in [1.82, 2.24) is 0 Å². The van der Waals surface area contributed by atoms with Gasteiger partial charge in [-0.15, -0.1) is 11.3 Å². The highest BCUT2D eigenvalue weighted by Gasteiger charge is 2.40. The van der Waals surface area contributed by atoms with Crippen molar-refractivity contribution in [3.05, 3.63) is 27.0 Å². The van der Waals surface area contributed by atoms with Gasteiger partial charge in [-0.25, -0.2) is 0 Å². The van der Waals surface area contributed by atoms with Crippen LogP contribution in [0.5, 0.6) is 0 Å². The first-order valence-corrected chi connectivity index (χ1v) is 8.08. The molecule has 0 unspecified atom stereocenters. The van der Waals surface area contributed by atoms with Crippen LogP contribution in [-0.2, 0) is 11.8 Å². The number of hydrogen-bond donors (Lipinski definition) is 1. The number of fused-ring (bicyclic) bond motifs is 1. The average Bonchev–Trinajstić information content (AvgIpc) is 2.53. The smallest absolute Gasteiger partial charge is 0.0361 e. The summed E-state index contributed by atoms with van der Waals surface area (Å²) in [5.41, 5.74) is 10.8. The molecule has 2 rings (SSSR count). The highest BCUT2D eigenvalue weighted by atomic mass is 32.1. The van der Waals surface area contributed by atoms with Crippen LogP contribution < -0.4 is 5.73 Å². The normalized spacial score (nSPS) is 21.3. The Morgan fingerprint density at radius 1 is 1.32 bits per heavy atom. The first-order chi connectivity index (χ1) is 8.68. The Kier molecular flexibility index (Phi) is 3.59. The molecule has 2 heteroatoms. The highest BCUT2D eigenvalue weighted by Crippen LogP contribution is 2.51. The van der Waals surface area contributed by atoms with Crippen LogP contribution in [0, 0.1) is 12.3 Å². The molecule has 1 aliphatic carbocycles. The summed E-state index contributed by atoms with van der Waals surface area (Å²) in [6.45, 7) is 13.9. The largest absolute Gasteiger partial charge is 0.398 e. The molecule has 0 spiro atoms. The van der Waals surface area contributed by atoms with Crippen LogP contribution in [0.2, 0.25) is 0 Å². The van der Waals surface area contributed by atoms with Gasteiger partial charge in [0, 0.05) is 21.0 Å². The first-order valence-electron chi connectivity index (χ1n) is 7.27. The fourth-order valence-electron chi connectivity index (χ4n) is 3.82. The van der Waals surface area contributed by atoms with Crippen molar-refractivity contribution >= 4 is 17.0 Å². The average molecular weight is 277 g/mol. The minimum absolute atomic E-state index is 0.275. The molecule has 0 radical (unpaired) electrons. The summed E-state index contributed by atoms with van der Waals surface area (Å²) in [7, 11) is 0. The third-order valence-electron chi connectivity index (χ3n) is 4.09. The van der Waals surface area contributed by atoms with Crippen LogP contribution in [-0.4, -0.2) is 0 Å². The predicted octanol–water partition coefficient (Wildman–Crippen LogP) is 5.02. The lowest BCUT2D eigenvalue weighted by Crippen LogP contribution is -2.34. The standard InChI is InChI=1S/C17H27NS/c1-7-8-13(18)14-11(2)19-15-12(14)9-16(3,4)10-17(15,5)6/h8H,7,9-10,18H2,1-6H3/b13-8+. The molecule has 0 atom stereocenters. The number of hydrogen-bond acceptors (Lipinski definition) is 2. The van der Waals surface area contributed by atoms with Gasteiger partial charge in [0.1, 0.15) is 0 Å². The molecule has 2 N–H and O–H groups in total. The summed E-state index contributed by atoms with van der Waals surface area (Å²) in [5.74, 6) is 0. The summed E-state index contributed by atoms with van der Waals surface area (Å²) in [6, 6.07) is 0. The number of nitrogens with two attached hydrogens (primary N) is 1. The lowest BCUT2D eigenvalue weighted by atomic mass is 9.65. The quantitative estimate of drug-likeness (QED) is 0.807. The molecule has 0 fully saturated rings. The zero-order valence-corrected chi connectivity index (χ0v) is 14.0. The predicted molar refractivity (Wildman–Crippen MR) is 86.6 cm³/mol. The molecular weight excluding hydrogens is 250 g/mol. The third-order valence-corrected chi connectivity index (χ3v) is 5.60. The highest BCUT2D eigenvalue weighted by molar-refractivity contribution is 7.12. The molecule has 1 nitrogen and oxygen atoms in total. The zero-order chi connectivity index (χ0) is 14.4. The van der Waals surface area contributed by atoms with Crippen molar-refractivity contribution in [1.29, 1.82) is 0 Å². The second-order valence-electron chi connectivity index (χ2n) is 7.31. The monoisotopic (exact) mass is 277 g/mol. The Balaban J connectivity index is 2.63. The van der Waals surface area contributed by atoms with Gasteiger partial charge >= 0.3 is 0 Å². The van der Waals surface area contributed by atoms with Gasteiger partial charge in [0.05, 0.1) is 0 Å². The Morgan fingerprint density at radius 3 is 2.53 bits per heavy atom. The molecule has 19 heavy (non-hydrogen) atoms. The van der Waals surface area contributed by atoms with Crippen molar-refractivity contribution in [3.8, 4) is 0 Å². The van der Waals surface area contributed by atoms with Crippen molar-refractivity contribution in [3.63, 3.8) is 0 Å². The maximum absolute atomic E-state index is 6.32. The molecule has 0 saturated carbocycles. The molecule has 0 aromatic carbocycles. The Morgan fingerprint density at radius 2 is 1.95 bits per heavy atom. The van der Waals surface area contributed by atoms with E-state index in [-0.39, 0.29) is 5.41 Å². The molecule has 1 heterocycles. The second-order valence-corrected chi connectivity index (χ2v) is 8.54. The maximum Gasteiger partial charge on any atom is 0.0361 e. The van der Waals surface area contributed by atoms with E-state index >= 15 is 0 Å². The summed E-state index contributed by atoms with van der Waals surface area (Å²) < 4.78 is 0. The van der Waals surface area contributed by atoms with Crippen molar-refractivity contribution in [2.45, 2.75) is 66.2 Å². The van der Waals surface area contributed by atoms with Crippen molar-refractivity contribution < 1.29 is 0 Å². The van der Waals surface area contributed by atoms with E-state index in [2.05, 4.69) is 47.6 Å². The molecule has 106 valence electrons.